The zero-order valence-electron chi connectivity index (χ0n) is 11.5. The van der Waals surface area contributed by atoms with E-state index in [1.807, 2.05) is 0 Å². The molecule has 1 aromatic carbocycles. The van der Waals surface area contributed by atoms with Crippen molar-refractivity contribution >= 4 is 17.6 Å². The second-order valence-electron chi connectivity index (χ2n) is 5.00. The molecule has 1 saturated heterocycles. The Morgan fingerprint density at radius 2 is 2.00 bits per heavy atom. The first-order valence-corrected chi connectivity index (χ1v) is 6.79. The van der Waals surface area contributed by atoms with E-state index in [1.54, 1.807) is 24.1 Å². The van der Waals surface area contributed by atoms with Crippen LogP contribution in [0.5, 0.6) is 0 Å². The molecule has 1 fully saturated rings. The molecule has 0 aliphatic carbocycles. The smallest absolute Gasteiger partial charge is 0.335 e. The predicted octanol–water partition coefficient (Wildman–Crippen LogP) is 2.31. The van der Waals surface area contributed by atoms with Crippen molar-refractivity contribution in [3.8, 4) is 0 Å². The summed E-state index contributed by atoms with van der Waals surface area (Å²) in [5, 5.41) is 8.84. The summed E-state index contributed by atoms with van der Waals surface area (Å²) in [6, 6.07) is 6.28. The first kappa shape index (κ1) is 14.5. The van der Waals surface area contributed by atoms with Crippen molar-refractivity contribution in [1.82, 2.24) is 0 Å². The third-order valence-corrected chi connectivity index (χ3v) is 3.55. The second kappa shape index (κ2) is 6.52. The molecule has 1 N–H and O–H groups in total. The van der Waals surface area contributed by atoms with Gasteiger partial charge in [0.2, 0.25) is 5.91 Å². The molecule has 1 atom stereocenters. The van der Waals surface area contributed by atoms with E-state index < -0.39 is 5.97 Å². The third-order valence-electron chi connectivity index (χ3n) is 3.55. The van der Waals surface area contributed by atoms with Crippen LogP contribution in [0.4, 0.5) is 5.69 Å². The van der Waals surface area contributed by atoms with Gasteiger partial charge in [-0.05, 0) is 43.5 Å². The lowest BCUT2D eigenvalue weighted by molar-refractivity contribution is -0.122. The van der Waals surface area contributed by atoms with Gasteiger partial charge in [-0.25, -0.2) is 4.79 Å². The average Bonchev–Trinajstić information content (AvgIpc) is 2.47. The normalized spacial score (nSPS) is 18.6. The molecule has 5 heteroatoms. The molecule has 0 aromatic heterocycles. The largest absolute Gasteiger partial charge is 0.478 e. The van der Waals surface area contributed by atoms with Gasteiger partial charge in [0.1, 0.15) is 0 Å². The van der Waals surface area contributed by atoms with E-state index >= 15 is 0 Å². The Kier molecular flexibility index (Phi) is 4.74. The van der Waals surface area contributed by atoms with Crippen LogP contribution in [-0.4, -0.2) is 36.7 Å². The molecule has 1 aliphatic heterocycles. The zero-order chi connectivity index (χ0) is 14.5. The summed E-state index contributed by atoms with van der Waals surface area (Å²) >= 11 is 0. The number of hydrogen-bond donors (Lipinski definition) is 1. The summed E-state index contributed by atoms with van der Waals surface area (Å²) in [6.07, 6.45) is 3.48. The fraction of sp³-hybridized carbons (Fsp3) is 0.467. The summed E-state index contributed by atoms with van der Waals surface area (Å²) in [7, 11) is 1.70. The molecule has 0 bridgehead atoms. The highest BCUT2D eigenvalue weighted by atomic mass is 16.5. The number of benzene rings is 1. The highest BCUT2D eigenvalue weighted by Gasteiger charge is 2.20. The lowest BCUT2D eigenvalue weighted by Crippen LogP contribution is -2.32. The van der Waals surface area contributed by atoms with E-state index in [0.717, 1.165) is 25.9 Å². The number of amides is 1. The minimum absolute atomic E-state index is 0.0111. The molecule has 0 spiro atoms. The standard InChI is InChI=1S/C15H19NO4/c1-16(12-7-5-11(6-8-12)15(18)19)14(17)10-13-4-2-3-9-20-13/h5-8,13H,2-4,9-10H2,1H3,(H,18,19). The van der Waals surface area contributed by atoms with Gasteiger partial charge in [-0.1, -0.05) is 0 Å². The predicted molar refractivity (Wildman–Crippen MR) is 75.0 cm³/mol. The number of carbonyl (C=O) groups excluding carboxylic acids is 1. The Balaban J connectivity index is 1.96. The Morgan fingerprint density at radius 1 is 1.30 bits per heavy atom. The first-order chi connectivity index (χ1) is 9.58. The molecule has 20 heavy (non-hydrogen) atoms. The summed E-state index contributed by atoms with van der Waals surface area (Å²) in [5.74, 6) is -0.985. The molecule has 0 saturated carbocycles. The molecule has 5 nitrogen and oxygen atoms in total. The summed E-state index contributed by atoms with van der Waals surface area (Å²) < 4.78 is 5.56. The summed E-state index contributed by atoms with van der Waals surface area (Å²) in [4.78, 5) is 24.5. The fourth-order valence-corrected chi connectivity index (χ4v) is 2.27. The molecular weight excluding hydrogens is 258 g/mol. The van der Waals surface area contributed by atoms with Crippen LogP contribution in [-0.2, 0) is 9.53 Å². The van der Waals surface area contributed by atoms with Crippen LogP contribution in [0.2, 0.25) is 0 Å². The molecule has 1 unspecified atom stereocenters. The number of carbonyl (C=O) groups is 2. The van der Waals surface area contributed by atoms with Crippen molar-refractivity contribution in [3.63, 3.8) is 0 Å². The number of carboxylic acid groups (broad SMARTS) is 1. The highest BCUT2D eigenvalue weighted by Crippen LogP contribution is 2.19. The van der Waals surface area contributed by atoms with Crippen molar-refractivity contribution < 1.29 is 19.4 Å². The second-order valence-corrected chi connectivity index (χ2v) is 5.00. The topological polar surface area (TPSA) is 66.8 Å². The average molecular weight is 277 g/mol. The van der Waals surface area contributed by atoms with Gasteiger partial charge in [0.05, 0.1) is 18.1 Å². The van der Waals surface area contributed by atoms with Gasteiger partial charge in [0.25, 0.3) is 0 Å². The Hall–Kier alpha value is -1.88. The maximum atomic E-state index is 12.2. The number of hydrogen-bond acceptors (Lipinski definition) is 3. The van der Waals surface area contributed by atoms with Gasteiger partial charge in [-0.3, -0.25) is 4.79 Å². The quantitative estimate of drug-likeness (QED) is 0.917. The van der Waals surface area contributed by atoms with E-state index in [1.165, 1.54) is 12.1 Å². The van der Waals surface area contributed by atoms with E-state index in [4.69, 9.17) is 9.84 Å². The maximum absolute atomic E-state index is 12.2. The third kappa shape index (κ3) is 3.57. The van der Waals surface area contributed by atoms with Crippen molar-refractivity contribution in [3.05, 3.63) is 29.8 Å². The van der Waals surface area contributed by atoms with Crippen LogP contribution >= 0.6 is 0 Å². The summed E-state index contributed by atoms with van der Waals surface area (Å²) in [6.45, 7) is 0.731. The highest BCUT2D eigenvalue weighted by molar-refractivity contribution is 5.94. The molecule has 1 aliphatic rings. The molecular formula is C15H19NO4. The first-order valence-electron chi connectivity index (χ1n) is 6.79. The number of aromatic carboxylic acids is 1. The molecule has 108 valence electrons. The van der Waals surface area contributed by atoms with Crippen LogP contribution in [0.3, 0.4) is 0 Å². The van der Waals surface area contributed by atoms with E-state index in [2.05, 4.69) is 0 Å². The van der Waals surface area contributed by atoms with Crippen molar-refractivity contribution in [1.29, 1.82) is 0 Å². The Labute approximate surface area is 118 Å². The lowest BCUT2D eigenvalue weighted by atomic mass is 10.1. The lowest BCUT2D eigenvalue weighted by Gasteiger charge is -2.25. The summed E-state index contributed by atoms with van der Waals surface area (Å²) in [5.41, 5.74) is 0.904. The Morgan fingerprint density at radius 3 is 2.55 bits per heavy atom. The molecule has 2 rings (SSSR count). The van der Waals surface area contributed by atoms with Gasteiger partial charge in [-0.2, -0.15) is 0 Å². The number of anilines is 1. The van der Waals surface area contributed by atoms with Crippen molar-refractivity contribution in [2.24, 2.45) is 0 Å². The van der Waals surface area contributed by atoms with E-state index in [9.17, 15) is 9.59 Å². The van der Waals surface area contributed by atoms with Gasteiger partial charge in [0, 0.05) is 19.3 Å². The zero-order valence-corrected chi connectivity index (χ0v) is 11.5. The minimum atomic E-state index is -0.971. The van der Waals surface area contributed by atoms with Crippen molar-refractivity contribution in [2.75, 3.05) is 18.6 Å². The van der Waals surface area contributed by atoms with Crippen LogP contribution in [0.25, 0.3) is 0 Å². The number of nitrogens with zero attached hydrogens (tertiary/aromatic N) is 1. The fourth-order valence-electron chi connectivity index (χ4n) is 2.27. The van der Waals surface area contributed by atoms with Crippen LogP contribution in [0, 0.1) is 0 Å². The molecule has 1 heterocycles. The number of rotatable bonds is 4. The minimum Gasteiger partial charge on any atom is -0.478 e. The monoisotopic (exact) mass is 277 g/mol. The van der Waals surface area contributed by atoms with Crippen LogP contribution in [0.15, 0.2) is 24.3 Å². The van der Waals surface area contributed by atoms with Gasteiger partial charge in [-0.15, -0.1) is 0 Å². The van der Waals surface area contributed by atoms with Gasteiger partial charge < -0.3 is 14.7 Å². The molecule has 1 amide bonds. The Bertz CT molecular complexity index is 477. The SMILES string of the molecule is CN(C(=O)CC1CCCCO1)c1ccc(C(=O)O)cc1. The number of ether oxygens (including phenoxy) is 1. The van der Waals surface area contributed by atoms with E-state index in [-0.39, 0.29) is 17.6 Å². The van der Waals surface area contributed by atoms with E-state index in [0.29, 0.717) is 12.1 Å². The molecule has 1 aromatic rings. The maximum Gasteiger partial charge on any atom is 0.335 e. The van der Waals surface area contributed by atoms with Crippen molar-refractivity contribution in [2.45, 2.75) is 31.8 Å². The van der Waals surface area contributed by atoms with Crippen LogP contribution in [0.1, 0.15) is 36.0 Å². The van der Waals surface area contributed by atoms with Gasteiger partial charge in [0.15, 0.2) is 0 Å². The molecule has 0 radical (unpaired) electrons. The number of carboxylic acids is 1. The van der Waals surface area contributed by atoms with Crippen LogP contribution < -0.4 is 4.90 Å². The van der Waals surface area contributed by atoms with Gasteiger partial charge >= 0.3 is 5.97 Å².